The van der Waals surface area contributed by atoms with E-state index < -0.39 is 11.9 Å². The smallest absolute Gasteiger partial charge is 0.200 e. The van der Waals surface area contributed by atoms with Gasteiger partial charge < -0.3 is 20.2 Å². The summed E-state index contributed by atoms with van der Waals surface area (Å²) in [6.45, 7) is 2.41. The zero-order chi connectivity index (χ0) is 27.1. The summed E-state index contributed by atoms with van der Waals surface area (Å²) in [5.74, 6) is 1.08. The van der Waals surface area contributed by atoms with Gasteiger partial charge in [-0.1, -0.05) is 24.3 Å². The van der Waals surface area contributed by atoms with Gasteiger partial charge in [0, 0.05) is 12.0 Å². The first-order valence-corrected chi connectivity index (χ1v) is 12.4. The monoisotopic (exact) mass is 521 g/mol. The molecular weight excluding hydrogens is 497 g/mol. The molecule has 1 unspecified atom stereocenters. The molecule has 8 nitrogen and oxygen atoms in total. The molecule has 5 aromatic rings. The number of benzene rings is 3. The lowest BCUT2D eigenvalue weighted by atomic mass is 9.98. The molecule has 1 aliphatic rings. The summed E-state index contributed by atoms with van der Waals surface area (Å²) in [6, 6.07) is 17.7. The van der Waals surface area contributed by atoms with Crippen LogP contribution in [-0.2, 0) is 6.42 Å². The molecule has 3 aromatic carbocycles. The van der Waals surface area contributed by atoms with Gasteiger partial charge in [-0.15, -0.1) is 0 Å². The molecule has 4 N–H and O–H groups in total. The Balaban J connectivity index is 1.44. The number of anilines is 2. The highest BCUT2D eigenvalue weighted by atomic mass is 19.1. The largest absolute Gasteiger partial charge is 0.493 e. The molecule has 0 radical (unpaired) electrons. The highest BCUT2D eigenvalue weighted by molar-refractivity contribution is 6.16. The number of halogens is 1. The first-order chi connectivity index (χ1) is 18.9. The molecule has 0 saturated heterocycles. The van der Waals surface area contributed by atoms with Crippen LogP contribution in [0, 0.1) is 11.2 Å². The van der Waals surface area contributed by atoms with Crippen molar-refractivity contribution in [2.45, 2.75) is 19.4 Å². The van der Waals surface area contributed by atoms with E-state index in [4.69, 9.17) is 20.3 Å². The molecule has 1 aliphatic heterocycles. The lowest BCUT2D eigenvalue weighted by molar-refractivity contribution is 0.357. The van der Waals surface area contributed by atoms with E-state index in [0.29, 0.717) is 45.8 Å². The van der Waals surface area contributed by atoms with Crippen LogP contribution in [0.25, 0.3) is 22.1 Å². The predicted octanol–water partition coefficient (Wildman–Crippen LogP) is 5.50. The van der Waals surface area contributed by atoms with Crippen molar-refractivity contribution < 1.29 is 13.5 Å². The van der Waals surface area contributed by atoms with E-state index in [9.17, 15) is 9.18 Å². The molecular formula is C30H24FN5O3. The first-order valence-electron chi connectivity index (χ1n) is 12.4. The third-order valence-corrected chi connectivity index (χ3v) is 6.79. The number of hydrogen-bond acceptors (Lipinski definition) is 8. The van der Waals surface area contributed by atoms with E-state index >= 15 is 0 Å². The zero-order valence-corrected chi connectivity index (χ0v) is 21.0. The summed E-state index contributed by atoms with van der Waals surface area (Å²) in [6.07, 6.45) is 2.07. The second kappa shape index (κ2) is 9.68. The zero-order valence-electron chi connectivity index (χ0n) is 21.0. The normalized spacial score (nSPS) is 13.1. The third kappa shape index (κ3) is 4.37. The fourth-order valence-electron chi connectivity index (χ4n) is 4.89. The predicted molar refractivity (Wildman–Crippen MR) is 148 cm³/mol. The number of rotatable bonds is 6. The van der Waals surface area contributed by atoms with Gasteiger partial charge in [-0.25, -0.2) is 14.4 Å². The Morgan fingerprint density at radius 2 is 1.95 bits per heavy atom. The fraction of sp³-hybridized carbons (Fsp3) is 0.133. The highest BCUT2D eigenvalue weighted by Gasteiger charge is 2.25. The van der Waals surface area contributed by atoms with Gasteiger partial charge in [-0.2, -0.15) is 0 Å². The third-order valence-electron chi connectivity index (χ3n) is 6.79. The molecule has 0 amide bonds. The Morgan fingerprint density at radius 3 is 2.79 bits per heavy atom. The number of nitrogens with one attached hydrogen (secondary N) is 2. The Labute approximate surface area is 222 Å². The van der Waals surface area contributed by atoms with Crippen LogP contribution in [0.3, 0.4) is 0 Å². The van der Waals surface area contributed by atoms with Crippen LogP contribution in [0.4, 0.5) is 16.0 Å². The maximum atomic E-state index is 14.2. The van der Waals surface area contributed by atoms with E-state index in [-0.39, 0.29) is 22.5 Å². The molecule has 39 heavy (non-hydrogen) atoms. The van der Waals surface area contributed by atoms with Crippen molar-refractivity contribution in [2.24, 2.45) is 0 Å². The van der Waals surface area contributed by atoms with E-state index in [2.05, 4.69) is 15.3 Å². The van der Waals surface area contributed by atoms with E-state index in [1.165, 1.54) is 18.5 Å². The Bertz CT molecular complexity index is 1820. The van der Waals surface area contributed by atoms with Crippen molar-refractivity contribution in [1.29, 1.82) is 5.41 Å². The number of nitrogens with zero attached hydrogens (tertiary/aromatic N) is 2. The molecule has 6 rings (SSSR count). The molecule has 194 valence electrons. The molecule has 3 heterocycles. The van der Waals surface area contributed by atoms with Gasteiger partial charge in [0.1, 0.15) is 40.9 Å². The van der Waals surface area contributed by atoms with Crippen LogP contribution in [0.2, 0.25) is 0 Å². The maximum absolute atomic E-state index is 14.2. The molecule has 0 fully saturated rings. The van der Waals surface area contributed by atoms with Crippen molar-refractivity contribution in [3.05, 3.63) is 112 Å². The van der Waals surface area contributed by atoms with Crippen molar-refractivity contribution in [1.82, 2.24) is 9.97 Å². The summed E-state index contributed by atoms with van der Waals surface area (Å²) in [4.78, 5) is 22.1. The minimum absolute atomic E-state index is 0.131. The van der Waals surface area contributed by atoms with Crippen LogP contribution in [-0.4, -0.2) is 22.3 Å². The van der Waals surface area contributed by atoms with E-state index in [1.54, 1.807) is 49.4 Å². The van der Waals surface area contributed by atoms with Crippen molar-refractivity contribution >= 4 is 28.3 Å². The summed E-state index contributed by atoms with van der Waals surface area (Å²) >= 11 is 0. The molecule has 9 heteroatoms. The van der Waals surface area contributed by atoms with Gasteiger partial charge >= 0.3 is 0 Å². The number of hydrogen-bond donors (Lipinski definition) is 3. The number of nitrogens with two attached hydrogens (primary N) is 1. The Kier molecular flexibility index (Phi) is 6.03. The van der Waals surface area contributed by atoms with Crippen molar-refractivity contribution in [3.8, 4) is 16.9 Å². The minimum atomic E-state index is -0.616. The van der Waals surface area contributed by atoms with Gasteiger partial charge in [0.2, 0.25) is 5.43 Å². The Morgan fingerprint density at radius 1 is 1.10 bits per heavy atom. The van der Waals surface area contributed by atoms with Gasteiger partial charge in [-0.3, -0.25) is 10.2 Å². The van der Waals surface area contributed by atoms with Crippen LogP contribution in [0.5, 0.6) is 5.75 Å². The van der Waals surface area contributed by atoms with Crippen LogP contribution >= 0.6 is 0 Å². The van der Waals surface area contributed by atoms with Crippen LogP contribution < -0.4 is 21.2 Å². The standard InChI is InChI=1S/C30H24FN5O3/c1-16(28-24(18-5-4-6-20(31)14-18)27(37)21-7-2-3-8-23(21)39-28)36-30-25(29(33)34-15-35-30)26(32)19-9-10-22-17(13-19)11-12-38-22/h2-10,13-16,32H,11-12H2,1H3,(H3,33,34,35,36). The lowest BCUT2D eigenvalue weighted by Crippen LogP contribution is -2.18. The van der Waals surface area contributed by atoms with Gasteiger partial charge in [-0.05, 0) is 60.5 Å². The number of fused-ring (bicyclic) bond motifs is 2. The second-order valence-electron chi connectivity index (χ2n) is 9.32. The average molecular weight is 522 g/mol. The topological polar surface area (TPSA) is 127 Å². The summed E-state index contributed by atoms with van der Waals surface area (Å²) in [7, 11) is 0. The van der Waals surface area contributed by atoms with E-state index in [1.807, 2.05) is 12.1 Å². The Hall–Kier alpha value is -5.05. The lowest BCUT2D eigenvalue weighted by Gasteiger charge is -2.20. The van der Waals surface area contributed by atoms with Crippen molar-refractivity contribution in [2.75, 3.05) is 17.7 Å². The SMILES string of the molecule is CC(Nc1ncnc(N)c1C(=N)c1ccc2c(c1)CCO2)c1oc2ccccc2c(=O)c1-c1cccc(F)c1. The number of nitrogen functional groups attached to an aromatic ring is 1. The van der Waals surface area contributed by atoms with Gasteiger partial charge in [0.25, 0.3) is 0 Å². The number of para-hydroxylation sites is 1. The molecule has 0 saturated carbocycles. The van der Waals surface area contributed by atoms with E-state index in [0.717, 1.165) is 17.7 Å². The summed E-state index contributed by atoms with van der Waals surface area (Å²) in [5, 5.41) is 12.6. The average Bonchev–Trinajstić information content (AvgIpc) is 3.41. The highest BCUT2D eigenvalue weighted by Crippen LogP contribution is 2.33. The van der Waals surface area contributed by atoms with Crippen LogP contribution in [0.1, 0.15) is 35.4 Å². The van der Waals surface area contributed by atoms with Gasteiger partial charge in [0.05, 0.1) is 34.9 Å². The van der Waals surface area contributed by atoms with Crippen LogP contribution in [0.15, 0.2) is 82.3 Å². The summed E-state index contributed by atoms with van der Waals surface area (Å²) < 4.78 is 26.0. The van der Waals surface area contributed by atoms with Gasteiger partial charge in [0.15, 0.2) is 0 Å². The fourth-order valence-corrected chi connectivity index (χ4v) is 4.89. The molecule has 0 aliphatic carbocycles. The number of ether oxygens (including phenoxy) is 1. The molecule has 2 aromatic heterocycles. The maximum Gasteiger partial charge on any atom is 0.200 e. The minimum Gasteiger partial charge on any atom is -0.493 e. The molecule has 0 bridgehead atoms. The quantitative estimate of drug-likeness (QED) is 0.252. The summed E-state index contributed by atoms with van der Waals surface area (Å²) in [5.41, 5.74) is 9.15. The number of aromatic nitrogens is 2. The van der Waals surface area contributed by atoms with Crippen molar-refractivity contribution in [3.63, 3.8) is 0 Å². The molecule has 0 spiro atoms. The second-order valence-corrected chi connectivity index (χ2v) is 9.32. The molecule has 1 atom stereocenters. The first kappa shape index (κ1) is 24.3.